The van der Waals surface area contributed by atoms with E-state index in [1.807, 2.05) is 54.3 Å². The molecular weight excluding hydrogens is 609 g/mol. The fourth-order valence-corrected chi connectivity index (χ4v) is 6.15. The van der Waals surface area contributed by atoms with Crippen LogP contribution in [0.2, 0.25) is 0 Å². The summed E-state index contributed by atoms with van der Waals surface area (Å²) in [6.07, 6.45) is 6.76. The first-order valence-corrected chi connectivity index (χ1v) is 17.1. The Balaban J connectivity index is 1.25. The molecule has 2 N–H and O–H groups in total. The molecule has 2 aromatic carbocycles. The quantitative estimate of drug-likeness (QED) is 0.206. The number of carbonyl (C=O) groups is 3. The van der Waals surface area contributed by atoms with Crippen molar-refractivity contribution in [3.05, 3.63) is 93.8 Å². The Bertz CT molecular complexity index is 1680. The lowest BCUT2D eigenvalue weighted by molar-refractivity contribution is -0.127. The number of amides is 3. The summed E-state index contributed by atoms with van der Waals surface area (Å²) in [5.74, 6) is 0.323. The Morgan fingerprint density at radius 1 is 0.979 bits per heavy atom. The van der Waals surface area contributed by atoms with Gasteiger partial charge in [-0.15, -0.1) is 0 Å². The second-order valence-corrected chi connectivity index (χ2v) is 12.6. The van der Waals surface area contributed by atoms with Gasteiger partial charge in [0.1, 0.15) is 0 Å². The molecule has 0 bridgehead atoms. The molecular formula is C37H44N6O3S. The number of pyridine rings is 1. The van der Waals surface area contributed by atoms with Gasteiger partial charge in [-0.2, -0.15) is 12.6 Å². The minimum atomic E-state index is -0.241. The summed E-state index contributed by atoms with van der Waals surface area (Å²) in [5.41, 5.74) is 8.09. The summed E-state index contributed by atoms with van der Waals surface area (Å²) in [7, 11) is 0. The van der Waals surface area contributed by atoms with Gasteiger partial charge >= 0.3 is 0 Å². The van der Waals surface area contributed by atoms with Gasteiger partial charge in [0.25, 0.3) is 11.8 Å². The number of aliphatic imine (C=N–C) groups is 1. The maximum absolute atomic E-state index is 13.4. The molecule has 3 amide bonds. The highest BCUT2D eigenvalue weighted by Gasteiger charge is 2.22. The number of benzene rings is 2. The maximum Gasteiger partial charge on any atom is 0.255 e. The Labute approximate surface area is 283 Å². The van der Waals surface area contributed by atoms with Crippen molar-refractivity contribution < 1.29 is 14.4 Å². The molecule has 0 fully saturated rings. The first-order chi connectivity index (χ1) is 22.8. The summed E-state index contributed by atoms with van der Waals surface area (Å²) < 4.78 is 0. The van der Waals surface area contributed by atoms with Crippen molar-refractivity contribution in [3.8, 4) is 0 Å². The number of nitrogens with one attached hydrogen (secondary N) is 2. The number of hydrogen-bond acceptors (Lipinski definition) is 7. The third kappa shape index (κ3) is 8.75. The van der Waals surface area contributed by atoms with Gasteiger partial charge in [-0.1, -0.05) is 32.0 Å². The van der Waals surface area contributed by atoms with Crippen LogP contribution in [0.4, 0.5) is 11.4 Å². The van der Waals surface area contributed by atoms with E-state index in [-0.39, 0.29) is 17.7 Å². The molecule has 3 heterocycles. The number of aromatic nitrogens is 1. The highest BCUT2D eigenvalue weighted by molar-refractivity contribution is 7.80. The van der Waals surface area contributed by atoms with Crippen molar-refractivity contribution in [2.75, 3.05) is 37.2 Å². The summed E-state index contributed by atoms with van der Waals surface area (Å²) in [6, 6.07) is 15.1. The molecule has 47 heavy (non-hydrogen) atoms. The van der Waals surface area contributed by atoms with Crippen LogP contribution in [0.1, 0.15) is 83.1 Å². The number of fused-ring (bicyclic) bond motifs is 2. The summed E-state index contributed by atoms with van der Waals surface area (Å²) in [6.45, 7) is 10.4. The maximum atomic E-state index is 13.4. The van der Waals surface area contributed by atoms with Crippen molar-refractivity contribution >= 4 is 53.5 Å². The standard InChI is InChI=1S/C37H44N6O3S/c1-4-14-43(15-5-2)37(46)30-18-25(3)40-34-21-29(11-10-28(34)19-30)36(45)41-32-20-31-24-42(16-12-33(31)39-22-32)23-26-6-8-27(9-7-26)35(44)38-13-17-47/h6-11,19-22,47H,4-5,12-18,23-24H2,1-3H3,(H,38,44)(H,41,45). The first-order valence-electron chi connectivity index (χ1n) is 16.5. The number of nitrogens with zero attached hydrogens (tertiary/aromatic N) is 4. The van der Waals surface area contributed by atoms with Gasteiger partial charge in [0, 0.05) is 91.5 Å². The Morgan fingerprint density at radius 2 is 1.72 bits per heavy atom. The number of anilines is 1. The van der Waals surface area contributed by atoms with Crippen LogP contribution in [0, 0.1) is 0 Å². The highest BCUT2D eigenvalue weighted by Crippen LogP contribution is 2.30. The van der Waals surface area contributed by atoms with E-state index in [1.54, 1.807) is 18.3 Å². The summed E-state index contributed by atoms with van der Waals surface area (Å²) in [4.78, 5) is 52.6. The second kappa shape index (κ2) is 16.0. The average molecular weight is 653 g/mol. The van der Waals surface area contributed by atoms with Crippen LogP contribution in [-0.2, 0) is 24.3 Å². The second-order valence-electron chi connectivity index (χ2n) is 12.2. The molecule has 9 nitrogen and oxygen atoms in total. The summed E-state index contributed by atoms with van der Waals surface area (Å²) >= 11 is 4.14. The smallest absolute Gasteiger partial charge is 0.255 e. The molecule has 246 valence electrons. The topological polar surface area (TPSA) is 107 Å². The zero-order chi connectivity index (χ0) is 33.3. The molecule has 2 aliphatic rings. The first kappa shape index (κ1) is 34.1. The van der Waals surface area contributed by atoms with E-state index in [0.717, 1.165) is 79.1 Å². The lowest BCUT2D eigenvalue weighted by Gasteiger charge is -2.28. The van der Waals surface area contributed by atoms with Crippen molar-refractivity contribution in [2.45, 2.75) is 59.5 Å². The zero-order valence-corrected chi connectivity index (χ0v) is 28.4. The van der Waals surface area contributed by atoms with Gasteiger partial charge in [-0.3, -0.25) is 29.3 Å². The van der Waals surface area contributed by atoms with Gasteiger partial charge < -0.3 is 15.5 Å². The number of rotatable bonds is 12. The van der Waals surface area contributed by atoms with Gasteiger partial charge in [-0.25, -0.2) is 0 Å². The van der Waals surface area contributed by atoms with E-state index in [9.17, 15) is 14.4 Å². The van der Waals surface area contributed by atoms with Crippen LogP contribution >= 0.6 is 12.6 Å². The van der Waals surface area contributed by atoms with Gasteiger partial charge in [0.2, 0.25) is 5.91 Å². The predicted octanol–water partition coefficient (Wildman–Crippen LogP) is 6.08. The molecule has 0 radical (unpaired) electrons. The van der Waals surface area contributed by atoms with E-state index in [1.165, 1.54) is 0 Å². The Kier molecular flexibility index (Phi) is 11.6. The highest BCUT2D eigenvalue weighted by atomic mass is 32.1. The molecule has 1 aromatic heterocycles. The fraction of sp³-hybridized carbons (Fsp3) is 0.378. The lowest BCUT2D eigenvalue weighted by Crippen LogP contribution is -2.33. The third-order valence-corrected chi connectivity index (χ3v) is 8.55. The van der Waals surface area contributed by atoms with E-state index < -0.39 is 0 Å². The Hall–Kier alpha value is -4.28. The molecule has 0 saturated heterocycles. The molecule has 0 unspecified atom stereocenters. The van der Waals surface area contributed by atoms with Crippen LogP contribution in [0.3, 0.4) is 0 Å². The van der Waals surface area contributed by atoms with Gasteiger partial charge in [-0.05, 0) is 67.3 Å². The van der Waals surface area contributed by atoms with Crippen molar-refractivity contribution in [2.24, 2.45) is 4.99 Å². The fourth-order valence-electron chi connectivity index (χ4n) is 6.04. The molecule has 0 saturated carbocycles. The number of thiol groups is 1. The molecule has 5 rings (SSSR count). The van der Waals surface area contributed by atoms with Crippen LogP contribution < -0.4 is 10.6 Å². The molecule has 0 spiro atoms. The third-order valence-electron chi connectivity index (χ3n) is 8.33. The number of hydrogen-bond donors (Lipinski definition) is 3. The van der Waals surface area contributed by atoms with Gasteiger partial charge in [0.15, 0.2) is 0 Å². The van der Waals surface area contributed by atoms with Crippen LogP contribution in [0.5, 0.6) is 0 Å². The van der Waals surface area contributed by atoms with E-state index in [4.69, 9.17) is 4.99 Å². The predicted molar refractivity (Wildman–Crippen MR) is 192 cm³/mol. The molecule has 2 aliphatic heterocycles. The van der Waals surface area contributed by atoms with Gasteiger partial charge in [0.05, 0.1) is 17.6 Å². The molecule has 0 aliphatic carbocycles. The van der Waals surface area contributed by atoms with E-state index in [0.29, 0.717) is 47.8 Å². The average Bonchev–Trinajstić information content (AvgIpc) is 3.24. The monoisotopic (exact) mass is 652 g/mol. The SMILES string of the molecule is CCCN(CCC)C(=O)C1=Cc2ccc(C(=O)Nc3cnc4c(c3)CN(Cc3ccc(C(=O)NCCS)cc3)CC4)cc2N=C(C)C1. The minimum absolute atomic E-state index is 0.0545. The minimum Gasteiger partial charge on any atom is -0.351 e. The molecule has 10 heteroatoms. The van der Waals surface area contributed by atoms with E-state index >= 15 is 0 Å². The Morgan fingerprint density at radius 3 is 2.45 bits per heavy atom. The van der Waals surface area contributed by atoms with Crippen molar-refractivity contribution in [1.82, 2.24) is 20.1 Å². The van der Waals surface area contributed by atoms with Crippen LogP contribution in [-0.4, -0.2) is 70.1 Å². The number of carbonyl (C=O) groups excluding carboxylic acids is 3. The largest absolute Gasteiger partial charge is 0.351 e. The van der Waals surface area contributed by atoms with E-state index in [2.05, 4.69) is 47.0 Å². The zero-order valence-electron chi connectivity index (χ0n) is 27.5. The van der Waals surface area contributed by atoms with Crippen molar-refractivity contribution in [3.63, 3.8) is 0 Å². The normalized spacial score (nSPS) is 14.2. The van der Waals surface area contributed by atoms with Crippen molar-refractivity contribution in [1.29, 1.82) is 0 Å². The lowest BCUT2D eigenvalue weighted by atomic mass is 10.0. The summed E-state index contributed by atoms with van der Waals surface area (Å²) in [5, 5.41) is 5.86. The molecule has 0 atom stereocenters. The van der Waals surface area contributed by atoms with Crippen LogP contribution in [0.15, 0.2) is 65.3 Å². The molecule has 3 aromatic rings. The van der Waals surface area contributed by atoms with Crippen LogP contribution in [0.25, 0.3) is 6.08 Å².